The van der Waals surface area contributed by atoms with E-state index in [1.807, 2.05) is 13.0 Å². The van der Waals surface area contributed by atoms with Gasteiger partial charge in [-0.1, -0.05) is 6.92 Å². The Bertz CT molecular complexity index is 361. The lowest BCUT2D eigenvalue weighted by Gasteiger charge is -2.13. The van der Waals surface area contributed by atoms with Crippen molar-refractivity contribution in [1.82, 2.24) is 9.88 Å². The highest BCUT2D eigenvalue weighted by Crippen LogP contribution is 2.15. The summed E-state index contributed by atoms with van der Waals surface area (Å²) in [5, 5.41) is 2.92. The van der Waals surface area contributed by atoms with E-state index in [1.165, 1.54) is 0 Å². The van der Waals surface area contributed by atoms with E-state index in [0.29, 0.717) is 11.4 Å². The lowest BCUT2D eigenvalue weighted by Crippen LogP contribution is -2.23. The van der Waals surface area contributed by atoms with Gasteiger partial charge in [0.05, 0.1) is 5.56 Å². The van der Waals surface area contributed by atoms with E-state index in [4.69, 9.17) is 0 Å². The van der Waals surface area contributed by atoms with Crippen LogP contribution in [0, 0.1) is 0 Å². The standard InChI is InChI=1S/C11H17N3O/c1-5-8-6-9(11(15)14(3)4)10(12-2)13-7-8/h6-7H,5H2,1-4H3,(H,12,13). The highest BCUT2D eigenvalue weighted by Gasteiger charge is 2.14. The summed E-state index contributed by atoms with van der Waals surface area (Å²) in [5.41, 5.74) is 1.70. The number of pyridine rings is 1. The molecule has 0 saturated carbocycles. The molecule has 0 fully saturated rings. The quantitative estimate of drug-likeness (QED) is 0.814. The van der Waals surface area contributed by atoms with Crippen molar-refractivity contribution in [3.63, 3.8) is 0 Å². The Kier molecular flexibility index (Phi) is 3.66. The Morgan fingerprint density at radius 3 is 2.67 bits per heavy atom. The molecule has 82 valence electrons. The summed E-state index contributed by atoms with van der Waals surface area (Å²) in [6.45, 7) is 2.04. The van der Waals surface area contributed by atoms with Gasteiger partial charge in [0, 0.05) is 27.3 Å². The number of nitrogens with zero attached hydrogens (tertiary/aromatic N) is 2. The van der Waals surface area contributed by atoms with Gasteiger partial charge >= 0.3 is 0 Å². The number of nitrogens with one attached hydrogen (secondary N) is 1. The van der Waals surface area contributed by atoms with Crippen LogP contribution in [-0.2, 0) is 6.42 Å². The predicted molar refractivity (Wildman–Crippen MR) is 61.2 cm³/mol. The molecule has 0 bridgehead atoms. The van der Waals surface area contributed by atoms with Gasteiger partial charge in [0.2, 0.25) is 0 Å². The number of anilines is 1. The maximum atomic E-state index is 11.8. The van der Waals surface area contributed by atoms with Crippen molar-refractivity contribution in [2.45, 2.75) is 13.3 Å². The van der Waals surface area contributed by atoms with Crippen molar-refractivity contribution < 1.29 is 4.79 Å². The Morgan fingerprint density at radius 1 is 1.53 bits per heavy atom. The molecule has 0 saturated heterocycles. The number of hydrogen-bond acceptors (Lipinski definition) is 3. The highest BCUT2D eigenvalue weighted by molar-refractivity contribution is 5.98. The summed E-state index contributed by atoms with van der Waals surface area (Å²) in [7, 11) is 5.24. The van der Waals surface area contributed by atoms with Gasteiger partial charge in [0.25, 0.3) is 5.91 Å². The molecule has 0 unspecified atom stereocenters. The minimum absolute atomic E-state index is 0.0258. The van der Waals surface area contributed by atoms with Crippen LogP contribution in [-0.4, -0.2) is 36.9 Å². The van der Waals surface area contributed by atoms with E-state index >= 15 is 0 Å². The maximum absolute atomic E-state index is 11.8. The zero-order valence-corrected chi connectivity index (χ0v) is 9.66. The average Bonchev–Trinajstić information content (AvgIpc) is 2.27. The molecule has 1 rings (SSSR count). The monoisotopic (exact) mass is 207 g/mol. The Morgan fingerprint density at radius 2 is 2.20 bits per heavy atom. The van der Waals surface area contributed by atoms with Crippen LogP contribution >= 0.6 is 0 Å². The second kappa shape index (κ2) is 4.77. The van der Waals surface area contributed by atoms with Gasteiger partial charge in [-0.25, -0.2) is 4.98 Å². The van der Waals surface area contributed by atoms with Crippen molar-refractivity contribution in [3.05, 3.63) is 23.4 Å². The Labute approximate surface area is 90.3 Å². The smallest absolute Gasteiger partial charge is 0.257 e. The molecule has 0 aliphatic heterocycles. The highest BCUT2D eigenvalue weighted by atomic mass is 16.2. The number of carbonyl (C=O) groups is 1. The first kappa shape index (κ1) is 11.5. The van der Waals surface area contributed by atoms with Crippen molar-refractivity contribution in [2.24, 2.45) is 0 Å². The molecule has 1 N–H and O–H groups in total. The molecule has 0 aliphatic carbocycles. The molecule has 0 aromatic carbocycles. The molecule has 0 radical (unpaired) electrons. The second-order valence-corrected chi connectivity index (χ2v) is 3.54. The second-order valence-electron chi connectivity index (χ2n) is 3.54. The first-order chi connectivity index (χ1) is 7.10. The lowest BCUT2D eigenvalue weighted by molar-refractivity contribution is 0.0828. The fourth-order valence-corrected chi connectivity index (χ4v) is 1.30. The Balaban J connectivity index is 3.17. The number of hydrogen-bond donors (Lipinski definition) is 1. The molecule has 1 aromatic heterocycles. The lowest BCUT2D eigenvalue weighted by atomic mass is 10.1. The van der Waals surface area contributed by atoms with Crippen molar-refractivity contribution in [2.75, 3.05) is 26.5 Å². The van der Waals surface area contributed by atoms with Gasteiger partial charge in [0.15, 0.2) is 0 Å². The molecular formula is C11H17N3O. The van der Waals surface area contributed by atoms with E-state index < -0.39 is 0 Å². The molecule has 4 heteroatoms. The third-order valence-corrected chi connectivity index (χ3v) is 2.23. The topological polar surface area (TPSA) is 45.2 Å². The molecule has 1 heterocycles. The Hall–Kier alpha value is -1.58. The zero-order chi connectivity index (χ0) is 11.4. The van der Waals surface area contributed by atoms with Gasteiger partial charge in [-0.2, -0.15) is 0 Å². The van der Waals surface area contributed by atoms with Crippen molar-refractivity contribution in [1.29, 1.82) is 0 Å². The van der Waals surface area contributed by atoms with Crippen LogP contribution in [0.2, 0.25) is 0 Å². The number of aryl methyl sites for hydroxylation is 1. The summed E-state index contributed by atoms with van der Waals surface area (Å²) in [5.74, 6) is 0.605. The normalized spacial score (nSPS) is 9.87. The number of amides is 1. The minimum Gasteiger partial charge on any atom is -0.372 e. The largest absolute Gasteiger partial charge is 0.372 e. The molecule has 15 heavy (non-hydrogen) atoms. The van der Waals surface area contributed by atoms with Crippen LogP contribution in [0.15, 0.2) is 12.3 Å². The van der Waals surface area contributed by atoms with Gasteiger partial charge in [-0.3, -0.25) is 4.79 Å². The third-order valence-electron chi connectivity index (χ3n) is 2.23. The van der Waals surface area contributed by atoms with Crippen LogP contribution in [0.3, 0.4) is 0 Å². The molecular weight excluding hydrogens is 190 g/mol. The molecule has 0 spiro atoms. The van der Waals surface area contributed by atoms with Crippen LogP contribution < -0.4 is 5.32 Å². The number of rotatable bonds is 3. The molecule has 1 aromatic rings. The number of carbonyl (C=O) groups excluding carboxylic acids is 1. The number of aromatic nitrogens is 1. The van der Waals surface area contributed by atoms with Crippen LogP contribution in [0.1, 0.15) is 22.8 Å². The fraction of sp³-hybridized carbons (Fsp3) is 0.455. The molecule has 0 aliphatic rings. The van der Waals surface area contributed by atoms with E-state index in [-0.39, 0.29) is 5.91 Å². The average molecular weight is 207 g/mol. The van der Waals surface area contributed by atoms with Crippen LogP contribution in [0.4, 0.5) is 5.82 Å². The zero-order valence-electron chi connectivity index (χ0n) is 9.66. The van der Waals surface area contributed by atoms with Gasteiger partial charge < -0.3 is 10.2 Å². The van der Waals surface area contributed by atoms with E-state index in [9.17, 15) is 4.79 Å². The fourth-order valence-electron chi connectivity index (χ4n) is 1.30. The first-order valence-electron chi connectivity index (χ1n) is 4.98. The van der Waals surface area contributed by atoms with Crippen LogP contribution in [0.5, 0.6) is 0 Å². The summed E-state index contributed by atoms with van der Waals surface area (Å²) in [6, 6.07) is 1.89. The van der Waals surface area contributed by atoms with Gasteiger partial charge in [0.1, 0.15) is 5.82 Å². The molecule has 4 nitrogen and oxygen atoms in total. The predicted octanol–water partition coefficient (Wildman–Crippen LogP) is 1.39. The summed E-state index contributed by atoms with van der Waals surface area (Å²) < 4.78 is 0. The van der Waals surface area contributed by atoms with Gasteiger partial charge in [-0.15, -0.1) is 0 Å². The van der Waals surface area contributed by atoms with Crippen molar-refractivity contribution in [3.8, 4) is 0 Å². The molecule has 1 amide bonds. The summed E-state index contributed by atoms with van der Waals surface area (Å²) >= 11 is 0. The third kappa shape index (κ3) is 2.46. The van der Waals surface area contributed by atoms with Crippen molar-refractivity contribution >= 4 is 11.7 Å². The van der Waals surface area contributed by atoms with Gasteiger partial charge in [-0.05, 0) is 18.1 Å². The maximum Gasteiger partial charge on any atom is 0.257 e. The van der Waals surface area contributed by atoms with E-state index in [2.05, 4.69) is 10.3 Å². The van der Waals surface area contributed by atoms with E-state index in [1.54, 1.807) is 32.2 Å². The minimum atomic E-state index is -0.0258. The first-order valence-corrected chi connectivity index (χ1v) is 4.98. The van der Waals surface area contributed by atoms with E-state index in [0.717, 1.165) is 12.0 Å². The summed E-state index contributed by atoms with van der Waals surface area (Å²) in [6.07, 6.45) is 2.67. The SMILES string of the molecule is CCc1cnc(NC)c(C(=O)N(C)C)c1. The summed E-state index contributed by atoms with van der Waals surface area (Å²) in [4.78, 5) is 17.6. The van der Waals surface area contributed by atoms with Crippen LogP contribution in [0.25, 0.3) is 0 Å². The molecule has 0 atom stereocenters.